The molecule has 4 nitrogen and oxygen atoms in total. The lowest BCUT2D eigenvalue weighted by Crippen LogP contribution is -2.25. The van der Waals surface area contributed by atoms with Crippen LogP contribution in [0, 0.1) is 0 Å². The number of esters is 1. The number of ether oxygens (including phenoxy) is 1. The van der Waals surface area contributed by atoms with Gasteiger partial charge >= 0.3 is 5.97 Å². The summed E-state index contributed by atoms with van der Waals surface area (Å²) in [4.78, 5) is 11.8. The molecule has 0 aliphatic carbocycles. The lowest BCUT2D eigenvalue weighted by Gasteiger charge is -2.16. The fourth-order valence-electron chi connectivity index (χ4n) is 2.87. The van der Waals surface area contributed by atoms with Gasteiger partial charge in [-0.2, -0.15) is 0 Å². The van der Waals surface area contributed by atoms with Crippen molar-refractivity contribution in [3.63, 3.8) is 0 Å². The highest BCUT2D eigenvalue weighted by Crippen LogP contribution is 2.30. The number of benzene rings is 1. The quantitative estimate of drug-likeness (QED) is 0.881. The van der Waals surface area contributed by atoms with Crippen molar-refractivity contribution in [1.29, 1.82) is 0 Å². The molecule has 2 heterocycles. The third-order valence-electron chi connectivity index (χ3n) is 3.68. The molecular weight excluding hydrogens is 311 g/mol. The van der Waals surface area contributed by atoms with E-state index >= 15 is 0 Å². The second kappa shape index (κ2) is 6.69. The maximum absolute atomic E-state index is 11.8. The summed E-state index contributed by atoms with van der Waals surface area (Å²) in [7, 11) is 0. The number of fused-ring (bicyclic) bond motifs is 3. The van der Waals surface area contributed by atoms with Gasteiger partial charge in [-0.25, -0.2) is 0 Å². The maximum Gasteiger partial charge on any atom is 0.325 e. The fourth-order valence-corrected chi connectivity index (χ4v) is 3.04. The Hall–Kier alpha value is -1.23. The van der Waals surface area contributed by atoms with E-state index < -0.39 is 0 Å². The minimum atomic E-state index is -0.194. The van der Waals surface area contributed by atoms with Crippen molar-refractivity contribution in [3.05, 3.63) is 34.5 Å². The first-order valence-electron chi connectivity index (χ1n) is 6.86. The fraction of sp³-hybridized carbons (Fsp3) is 0.400. The van der Waals surface area contributed by atoms with E-state index in [4.69, 9.17) is 16.3 Å². The molecule has 1 aromatic carbocycles. The Morgan fingerprint density at radius 2 is 2.29 bits per heavy atom. The van der Waals surface area contributed by atoms with Crippen molar-refractivity contribution in [2.24, 2.45) is 0 Å². The van der Waals surface area contributed by atoms with Gasteiger partial charge in [0, 0.05) is 41.1 Å². The van der Waals surface area contributed by atoms with Crippen LogP contribution in [0.2, 0.25) is 5.02 Å². The van der Waals surface area contributed by atoms with E-state index in [1.54, 1.807) is 0 Å². The minimum Gasteiger partial charge on any atom is -0.465 e. The molecule has 1 N–H and O–H groups in total. The number of hydrogen-bond acceptors (Lipinski definition) is 3. The van der Waals surface area contributed by atoms with Gasteiger partial charge in [0.25, 0.3) is 0 Å². The summed E-state index contributed by atoms with van der Waals surface area (Å²) in [5.41, 5.74) is 3.52. The van der Waals surface area contributed by atoms with E-state index in [9.17, 15) is 4.79 Å². The standard InChI is InChI=1S/C15H17ClN2O2.ClH/c1-2-20-15(19)9-18-13-4-3-10(16)7-11(13)12-8-17-6-5-14(12)18;/h3-4,7,17H,2,5-6,8-9H2,1H3;1H. The van der Waals surface area contributed by atoms with Crippen LogP contribution in [0.4, 0.5) is 0 Å². The van der Waals surface area contributed by atoms with E-state index in [0.29, 0.717) is 6.61 Å². The van der Waals surface area contributed by atoms with Gasteiger partial charge in [0.2, 0.25) is 0 Å². The molecule has 114 valence electrons. The van der Waals surface area contributed by atoms with Crippen LogP contribution in [0.25, 0.3) is 10.9 Å². The van der Waals surface area contributed by atoms with Crippen LogP contribution in [0.3, 0.4) is 0 Å². The number of halogens is 2. The van der Waals surface area contributed by atoms with Crippen LogP contribution in [0.5, 0.6) is 0 Å². The van der Waals surface area contributed by atoms with Crippen LogP contribution in [-0.4, -0.2) is 23.7 Å². The molecule has 0 bridgehead atoms. The molecular formula is C15H18Cl2N2O2. The Morgan fingerprint density at radius 3 is 3.05 bits per heavy atom. The number of rotatable bonds is 3. The zero-order chi connectivity index (χ0) is 14.1. The lowest BCUT2D eigenvalue weighted by molar-refractivity contribution is -0.143. The molecule has 2 aromatic rings. The summed E-state index contributed by atoms with van der Waals surface area (Å²) in [5, 5.41) is 5.22. The first-order chi connectivity index (χ1) is 9.70. The number of nitrogens with one attached hydrogen (secondary N) is 1. The molecule has 0 fully saturated rings. The van der Waals surface area contributed by atoms with Gasteiger partial charge in [-0.05, 0) is 30.7 Å². The number of hydrogen-bond donors (Lipinski definition) is 1. The Labute approximate surface area is 134 Å². The molecule has 0 saturated heterocycles. The Balaban J connectivity index is 0.00000161. The summed E-state index contributed by atoms with van der Waals surface area (Å²) in [6.07, 6.45) is 0.918. The van der Waals surface area contributed by atoms with Crippen LogP contribution >= 0.6 is 24.0 Å². The van der Waals surface area contributed by atoms with E-state index in [1.807, 2.05) is 25.1 Å². The largest absolute Gasteiger partial charge is 0.465 e. The van der Waals surface area contributed by atoms with Gasteiger partial charge in [-0.1, -0.05) is 11.6 Å². The normalized spacial score (nSPS) is 13.6. The van der Waals surface area contributed by atoms with Crippen molar-refractivity contribution in [2.45, 2.75) is 26.4 Å². The molecule has 0 spiro atoms. The second-order valence-electron chi connectivity index (χ2n) is 4.90. The summed E-state index contributed by atoms with van der Waals surface area (Å²) in [6.45, 7) is 4.25. The summed E-state index contributed by atoms with van der Waals surface area (Å²) in [6, 6.07) is 5.82. The molecule has 0 saturated carbocycles. The zero-order valence-electron chi connectivity index (χ0n) is 11.8. The van der Waals surface area contributed by atoms with E-state index in [2.05, 4.69) is 9.88 Å². The lowest BCUT2D eigenvalue weighted by atomic mass is 10.1. The summed E-state index contributed by atoms with van der Waals surface area (Å²) >= 11 is 6.10. The van der Waals surface area contributed by atoms with E-state index in [0.717, 1.165) is 35.4 Å². The third kappa shape index (κ3) is 3.03. The predicted octanol–water partition coefficient (Wildman–Crippen LogP) is 2.93. The zero-order valence-corrected chi connectivity index (χ0v) is 13.4. The number of carbonyl (C=O) groups is 1. The average Bonchev–Trinajstić information content (AvgIpc) is 2.74. The first-order valence-corrected chi connectivity index (χ1v) is 7.24. The highest BCUT2D eigenvalue weighted by Gasteiger charge is 2.21. The van der Waals surface area contributed by atoms with Crippen molar-refractivity contribution in [3.8, 4) is 0 Å². The van der Waals surface area contributed by atoms with Crippen molar-refractivity contribution in [1.82, 2.24) is 9.88 Å². The molecule has 21 heavy (non-hydrogen) atoms. The third-order valence-corrected chi connectivity index (χ3v) is 3.92. The van der Waals surface area contributed by atoms with Crippen molar-refractivity contribution < 1.29 is 9.53 Å². The molecule has 0 atom stereocenters. The first kappa shape index (κ1) is 16.1. The maximum atomic E-state index is 11.8. The monoisotopic (exact) mass is 328 g/mol. The Kier molecular flexibility index (Phi) is 5.14. The molecule has 0 radical (unpaired) electrons. The van der Waals surface area contributed by atoms with E-state index in [1.165, 1.54) is 11.3 Å². The highest BCUT2D eigenvalue weighted by atomic mass is 35.5. The molecule has 3 rings (SSSR count). The average molecular weight is 329 g/mol. The smallest absolute Gasteiger partial charge is 0.325 e. The Morgan fingerprint density at radius 1 is 1.48 bits per heavy atom. The molecule has 1 aliphatic heterocycles. The van der Waals surface area contributed by atoms with Gasteiger partial charge in [0.1, 0.15) is 6.54 Å². The van der Waals surface area contributed by atoms with Crippen LogP contribution in [0.1, 0.15) is 18.2 Å². The number of carbonyl (C=O) groups excluding carboxylic acids is 1. The van der Waals surface area contributed by atoms with Gasteiger partial charge in [-0.3, -0.25) is 4.79 Å². The molecule has 0 amide bonds. The SMILES string of the molecule is CCOC(=O)Cn1c2c(c3cc(Cl)ccc31)CNCC2.Cl. The summed E-state index contributed by atoms with van der Waals surface area (Å²) in [5.74, 6) is -0.194. The van der Waals surface area contributed by atoms with Crippen LogP contribution in [-0.2, 0) is 29.0 Å². The van der Waals surface area contributed by atoms with Crippen molar-refractivity contribution in [2.75, 3.05) is 13.2 Å². The topological polar surface area (TPSA) is 43.3 Å². The van der Waals surface area contributed by atoms with Gasteiger partial charge in [0.15, 0.2) is 0 Å². The number of nitrogens with zero attached hydrogens (tertiary/aromatic N) is 1. The minimum absolute atomic E-state index is 0. The highest BCUT2D eigenvalue weighted by molar-refractivity contribution is 6.31. The molecule has 6 heteroatoms. The van der Waals surface area contributed by atoms with Gasteiger partial charge < -0.3 is 14.6 Å². The van der Waals surface area contributed by atoms with Gasteiger partial charge in [0.05, 0.1) is 6.61 Å². The molecule has 1 aliphatic rings. The second-order valence-corrected chi connectivity index (χ2v) is 5.34. The number of aromatic nitrogens is 1. The summed E-state index contributed by atoms with van der Waals surface area (Å²) < 4.78 is 7.15. The van der Waals surface area contributed by atoms with Gasteiger partial charge in [-0.15, -0.1) is 12.4 Å². The van der Waals surface area contributed by atoms with Crippen molar-refractivity contribution >= 4 is 40.9 Å². The van der Waals surface area contributed by atoms with E-state index in [-0.39, 0.29) is 24.9 Å². The predicted molar refractivity (Wildman–Crippen MR) is 86.2 cm³/mol. The molecule has 1 aromatic heterocycles. The van der Waals surface area contributed by atoms with Crippen LogP contribution in [0.15, 0.2) is 18.2 Å². The van der Waals surface area contributed by atoms with Crippen LogP contribution < -0.4 is 5.32 Å². The Bertz CT molecular complexity index is 667. The molecule has 0 unspecified atom stereocenters.